The minimum atomic E-state index is -0.883. The highest BCUT2D eigenvalue weighted by molar-refractivity contribution is 5.67. The third-order valence-electron chi connectivity index (χ3n) is 2.51. The second kappa shape index (κ2) is 4.91. The molecule has 0 amide bonds. The summed E-state index contributed by atoms with van der Waals surface area (Å²) in [6, 6.07) is 1.59. The van der Waals surface area contributed by atoms with Crippen molar-refractivity contribution in [2.24, 2.45) is 0 Å². The van der Waals surface area contributed by atoms with Crippen molar-refractivity contribution in [1.29, 1.82) is 0 Å². The summed E-state index contributed by atoms with van der Waals surface area (Å²) in [5, 5.41) is 20.2. The van der Waals surface area contributed by atoms with E-state index in [2.05, 4.69) is 20.5 Å². The van der Waals surface area contributed by atoms with Gasteiger partial charge in [-0.3, -0.25) is 9.78 Å². The van der Waals surface area contributed by atoms with Crippen molar-refractivity contribution in [3.8, 4) is 11.4 Å². The molecule has 2 rings (SSSR count). The largest absolute Gasteiger partial charge is 0.481 e. The first-order valence-electron chi connectivity index (χ1n) is 5.49. The van der Waals surface area contributed by atoms with Gasteiger partial charge in [-0.2, -0.15) is 0 Å². The Morgan fingerprint density at radius 3 is 2.94 bits per heavy atom. The van der Waals surface area contributed by atoms with Gasteiger partial charge in [-0.05, 0) is 35.9 Å². The molecule has 0 saturated heterocycles. The average molecular weight is 247 g/mol. The highest BCUT2D eigenvalue weighted by Gasteiger charge is 2.17. The standard InChI is InChI=1S/C11H13N5O2/c1-7-3-9(6-12-5-7)11-13-14-15-16(11)8(2)4-10(17)18/h3,5-6,8H,4H2,1-2H3,(H,17,18). The van der Waals surface area contributed by atoms with E-state index in [0.29, 0.717) is 5.82 Å². The Hall–Kier alpha value is -2.31. The first kappa shape index (κ1) is 12.2. The lowest BCUT2D eigenvalue weighted by molar-refractivity contribution is -0.137. The number of hydrogen-bond acceptors (Lipinski definition) is 5. The van der Waals surface area contributed by atoms with Crippen LogP contribution >= 0.6 is 0 Å². The zero-order valence-corrected chi connectivity index (χ0v) is 10.1. The van der Waals surface area contributed by atoms with Gasteiger partial charge in [-0.25, -0.2) is 4.68 Å². The number of hydrogen-bond donors (Lipinski definition) is 1. The summed E-state index contributed by atoms with van der Waals surface area (Å²) in [7, 11) is 0. The van der Waals surface area contributed by atoms with E-state index in [0.717, 1.165) is 11.1 Å². The fourth-order valence-electron chi connectivity index (χ4n) is 1.70. The summed E-state index contributed by atoms with van der Waals surface area (Å²) in [4.78, 5) is 14.8. The third kappa shape index (κ3) is 2.50. The molecule has 94 valence electrons. The van der Waals surface area contributed by atoms with Crippen molar-refractivity contribution in [2.45, 2.75) is 26.3 Å². The van der Waals surface area contributed by atoms with Crippen molar-refractivity contribution >= 4 is 5.97 Å². The molecular formula is C11H13N5O2. The monoisotopic (exact) mass is 247 g/mol. The zero-order chi connectivity index (χ0) is 13.1. The molecule has 1 N–H and O–H groups in total. The molecule has 0 aliphatic heterocycles. The van der Waals surface area contributed by atoms with Gasteiger partial charge >= 0.3 is 5.97 Å². The number of rotatable bonds is 4. The van der Waals surface area contributed by atoms with Gasteiger partial charge in [-0.15, -0.1) is 5.10 Å². The predicted octanol–water partition coefficient (Wildman–Crippen LogP) is 1.08. The van der Waals surface area contributed by atoms with Gasteiger partial charge in [0.2, 0.25) is 0 Å². The molecule has 0 saturated carbocycles. The van der Waals surface area contributed by atoms with Gasteiger partial charge in [0, 0.05) is 18.0 Å². The lowest BCUT2D eigenvalue weighted by atomic mass is 10.2. The predicted molar refractivity (Wildman–Crippen MR) is 62.7 cm³/mol. The molecule has 2 aromatic rings. The summed E-state index contributed by atoms with van der Waals surface area (Å²) in [6.07, 6.45) is 3.36. The Bertz CT molecular complexity index is 566. The fraction of sp³-hybridized carbons (Fsp3) is 0.364. The van der Waals surface area contributed by atoms with Gasteiger partial charge < -0.3 is 5.11 Å². The maximum atomic E-state index is 10.7. The molecule has 0 bridgehead atoms. The second-order valence-electron chi connectivity index (χ2n) is 4.14. The van der Waals surface area contributed by atoms with Crippen molar-refractivity contribution in [3.63, 3.8) is 0 Å². The van der Waals surface area contributed by atoms with E-state index < -0.39 is 5.97 Å². The van der Waals surface area contributed by atoms with Gasteiger partial charge in [0.05, 0.1) is 12.5 Å². The Kier molecular flexibility index (Phi) is 3.31. The number of pyridine rings is 1. The van der Waals surface area contributed by atoms with Gasteiger partial charge in [-0.1, -0.05) is 0 Å². The third-order valence-corrected chi connectivity index (χ3v) is 2.51. The molecule has 7 nitrogen and oxygen atoms in total. The Balaban J connectivity index is 2.35. The number of nitrogens with zero attached hydrogens (tertiary/aromatic N) is 5. The van der Waals surface area contributed by atoms with Crippen LogP contribution in [-0.4, -0.2) is 36.3 Å². The van der Waals surface area contributed by atoms with Crippen molar-refractivity contribution in [1.82, 2.24) is 25.2 Å². The Labute approximate surface area is 103 Å². The molecule has 1 unspecified atom stereocenters. The number of aromatic nitrogens is 5. The Morgan fingerprint density at radius 1 is 1.50 bits per heavy atom. The van der Waals surface area contributed by atoms with E-state index in [9.17, 15) is 4.79 Å². The number of carbonyl (C=O) groups is 1. The number of carboxylic acids is 1. The summed E-state index contributed by atoms with van der Waals surface area (Å²) in [6.45, 7) is 3.68. The van der Waals surface area contributed by atoms with Crippen LogP contribution < -0.4 is 0 Å². The van der Waals surface area contributed by atoms with Crippen LogP contribution in [0, 0.1) is 6.92 Å². The number of aliphatic carboxylic acids is 1. The van der Waals surface area contributed by atoms with E-state index in [4.69, 9.17) is 5.11 Å². The summed E-state index contributed by atoms with van der Waals surface area (Å²) >= 11 is 0. The zero-order valence-electron chi connectivity index (χ0n) is 10.1. The molecule has 1 atom stereocenters. The average Bonchev–Trinajstić information content (AvgIpc) is 2.76. The van der Waals surface area contributed by atoms with E-state index in [1.165, 1.54) is 4.68 Å². The molecule has 0 spiro atoms. The fourth-order valence-corrected chi connectivity index (χ4v) is 1.70. The van der Waals surface area contributed by atoms with Crippen LogP contribution in [0.4, 0.5) is 0 Å². The van der Waals surface area contributed by atoms with Gasteiger partial charge in [0.15, 0.2) is 5.82 Å². The molecule has 7 heteroatoms. The maximum absolute atomic E-state index is 10.7. The van der Waals surface area contributed by atoms with E-state index in [1.807, 2.05) is 13.0 Å². The molecule has 2 heterocycles. The summed E-state index contributed by atoms with van der Waals surface area (Å²) < 4.78 is 1.50. The van der Waals surface area contributed by atoms with Gasteiger partial charge in [0.25, 0.3) is 0 Å². The molecule has 0 radical (unpaired) electrons. The lowest BCUT2D eigenvalue weighted by Crippen LogP contribution is -2.13. The van der Waals surface area contributed by atoms with Crippen molar-refractivity contribution in [2.75, 3.05) is 0 Å². The second-order valence-corrected chi connectivity index (χ2v) is 4.14. The number of aryl methyl sites for hydroxylation is 1. The highest BCUT2D eigenvalue weighted by atomic mass is 16.4. The highest BCUT2D eigenvalue weighted by Crippen LogP contribution is 2.20. The lowest BCUT2D eigenvalue weighted by Gasteiger charge is -2.10. The van der Waals surface area contributed by atoms with Crippen molar-refractivity contribution in [3.05, 3.63) is 24.0 Å². The van der Waals surface area contributed by atoms with Crippen LogP contribution in [0.15, 0.2) is 18.5 Å². The van der Waals surface area contributed by atoms with E-state index in [1.54, 1.807) is 19.3 Å². The smallest absolute Gasteiger partial charge is 0.305 e. The molecular weight excluding hydrogens is 234 g/mol. The quantitative estimate of drug-likeness (QED) is 0.868. The maximum Gasteiger partial charge on any atom is 0.305 e. The molecule has 18 heavy (non-hydrogen) atoms. The summed E-state index contributed by atoms with van der Waals surface area (Å²) in [5.41, 5.74) is 1.77. The van der Waals surface area contributed by atoms with Gasteiger partial charge in [0.1, 0.15) is 0 Å². The minimum Gasteiger partial charge on any atom is -0.481 e. The summed E-state index contributed by atoms with van der Waals surface area (Å²) in [5.74, 6) is -0.355. The minimum absolute atomic E-state index is 0.0305. The number of carboxylic acid groups (broad SMARTS) is 1. The van der Waals surface area contributed by atoms with Crippen molar-refractivity contribution < 1.29 is 9.90 Å². The normalized spacial score (nSPS) is 12.3. The van der Waals surface area contributed by atoms with Crippen LogP contribution in [0.1, 0.15) is 24.9 Å². The molecule has 2 aromatic heterocycles. The molecule has 0 aromatic carbocycles. The van der Waals surface area contributed by atoms with Crippen LogP contribution in [-0.2, 0) is 4.79 Å². The van der Waals surface area contributed by atoms with Crippen LogP contribution in [0.5, 0.6) is 0 Å². The van der Waals surface area contributed by atoms with Crippen LogP contribution in [0.3, 0.4) is 0 Å². The topological polar surface area (TPSA) is 93.8 Å². The first-order chi connectivity index (χ1) is 8.58. The Morgan fingerprint density at radius 2 is 2.28 bits per heavy atom. The number of tetrazole rings is 1. The van der Waals surface area contributed by atoms with Crippen LogP contribution in [0.2, 0.25) is 0 Å². The SMILES string of the molecule is Cc1cncc(-c2nnnn2C(C)CC(=O)O)c1. The van der Waals surface area contributed by atoms with E-state index >= 15 is 0 Å². The van der Waals surface area contributed by atoms with Crippen LogP contribution in [0.25, 0.3) is 11.4 Å². The molecule has 0 aliphatic carbocycles. The first-order valence-corrected chi connectivity index (χ1v) is 5.49. The van der Waals surface area contributed by atoms with E-state index in [-0.39, 0.29) is 12.5 Å². The molecule has 0 aliphatic rings. The molecule has 0 fully saturated rings.